The van der Waals surface area contributed by atoms with E-state index in [4.69, 9.17) is 14.2 Å². The number of nitrogens with zero attached hydrogens (tertiary/aromatic N) is 1. The van der Waals surface area contributed by atoms with Crippen LogP contribution in [0, 0.1) is 13.8 Å². The molecule has 160 valence electrons. The third-order valence-electron chi connectivity index (χ3n) is 4.51. The summed E-state index contributed by atoms with van der Waals surface area (Å²) in [5, 5.41) is 2.81. The highest BCUT2D eigenvalue weighted by Gasteiger charge is 2.19. The largest absolute Gasteiger partial charge is 0.497 e. The van der Waals surface area contributed by atoms with Gasteiger partial charge in [0.05, 0.1) is 20.8 Å². The Morgan fingerprint density at radius 2 is 1.67 bits per heavy atom. The van der Waals surface area contributed by atoms with Gasteiger partial charge < -0.3 is 24.4 Å². The van der Waals surface area contributed by atoms with Gasteiger partial charge in [-0.25, -0.2) is 4.79 Å². The molecule has 2 rings (SSSR count). The molecule has 0 saturated heterocycles. The van der Waals surface area contributed by atoms with E-state index in [1.807, 2.05) is 32.0 Å². The van der Waals surface area contributed by atoms with Crippen molar-refractivity contribution in [1.29, 1.82) is 0 Å². The van der Waals surface area contributed by atoms with Crippen LogP contribution >= 0.6 is 0 Å². The SMILES string of the molecule is COc1ccc(C(=O)OCC(=O)N(C)CC(=O)Nc2c(C)cccc2C)c(OC)c1. The van der Waals surface area contributed by atoms with Crippen molar-refractivity contribution >= 4 is 23.5 Å². The maximum Gasteiger partial charge on any atom is 0.342 e. The number of para-hydroxylation sites is 1. The molecular weight excluding hydrogens is 388 g/mol. The average molecular weight is 414 g/mol. The van der Waals surface area contributed by atoms with Gasteiger partial charge in [-0.1, -0.05) is 18.2 Å². The molecule has 0 atom stereocenters. The number of aryl methyl sites for hydroxylation is 2. The van der Waals surface area contributed by atoms with Gasteiger partial charge in [-0.05, 0) is 37.1 Å². The minimum absolute atomic E-state index is 0.168. The fraction of sp³-hybridized carbons (Fsp3) is 0.318. The number of carbonyl (C=O) groups excluding carboxylic acids is 3. The minimum Gasteiger partial charge on any atom is -0.497 e. The maximum atomic E-state index is 12.3. The Kier molecular flexibility index (Phi) is 7.80. The first-order valence-corrected chi connectivity index (χ1v) is 9.26. The molecular formula is C22H26N2O6. The molecule has 8 nitrogen and oxygen atoms in total. The van der Waals surface area contributed by atoms with Crippen LogP contribution in [0.4, 0.5) is 5.69 Å². The van der Waals surface area contributed by atoms with Crippen molar-refractivity contribution in [2.45, 2.75) is 13.8 Å². The fourth-order valence-electron chi connectivity index (χ4n) is 2.78. The van der Waals surface area contributed by atoms with Crippen LogP contribution in [0.5, 0.6) is 11.5 Å². The molecule has 1 N–H and O–H groups in total. The van der Waals surface area contributed by atoms with Crippen LogP contribution in [0.2, 0.25) is 0 Å². The number of hydrogen-bond acceptors (Lipinski definition) is 6. The smallest absolute Gasteiger partial charge is 0.342 e. The number of methoxy groups -OCH3 is 2. The first-order valence-electron chi connectivity index (χ1n) is 9.26. The Balaban J connectivity index is 1.91. The van der Waals surface area contributed by atoms with E-state index in [-0.39, 0.29) is 23.8 Å². The standard InChI is InChI=1S/C22H26N2O6/c1-14-7-6-8-15(2)21(14)23-19(25)12-24(3)20(26)13-30-22(27)17-10-9-16(28-4)11-18(17)29-5/h6-11H,12-13H2,1-5H3,(H,23,25). The highest BCUT2D eigenvalue weighted by atomic mass is 16.5. The van der Waals surface area contributed by atoms with Crippen LogP contribution in [-0.4, -0.2) is 57.1 Å². The third kappa shape index (κ3) is 5.73. The predicted molar refractivity (Wildman–Crippen MR) is 112 cm³/mol. The molecule has 0 aliphatic carbocycles. The van der Waals surface area contributed by atoms with Crippen molar-refractivity contribution in [2.75, 3.05) is 39.7 Å². The molecule has 2 amide bonds. The van der Waals surface area contributed by atoms with Crippen molar-refractivity contribution in [3.63, 3.8) is 0 Å². The molecule has 0 aromatic heterocycles. The molecule has 8 heteroatoms. The van der Waals surface area contributed by atoms with E-state index in [1.165, 1.54) is 32.2 Å². The Morgan fingerprint density at radius 3 is 2.27 bits per heavy atom. The minimum atomic E-state index is -0.712. The topological polar surface area (TPSA) is 94.2 Å². The van der Waals surface area contributed by atoms with Crippen molar-refractivity contribution in [3.8, 4) is 11.5 Å². The van der Waals surface area contributed by atoms with Gasteiger partial charge in [0.2, 0.25) is 5.91 Å². The van der Waals surface area contributed by atoms with Crippen molar-refractivity contribution in [1.82, 2.24) is 4.90 Å². The van der Waals surface area contributed by atoms with Crippen molar-refractivity contribution < 1.29 is 28.6 Å². The summed E-state index contributed by atoms with van der Waals surface area (Å²) in [7, 11) is 4.38. The lowest BCUT2D eigenvalue weighted by molar-refractivity contribution is -0.136. The van der Waals surface area contributed by atoms with Crippen LogP contribution < -0.4 is 14.8 Å². The molecule has 0 aliphatic rings. The molecule has 30 heavy (non-hydrogen) atoms. The lowest BCUT2D eigenvalue weighted by Crippen LogP contribution is -2.37. The summed E-state index contributed by atoms with van der Waals surface area (Å²) in [6.07, 6.45) is 0. The lowest BCUT2D eigenvalue weighted by Gasteiger charge is -2.18. The summed E-state index contributed by atoms with van der Waals surface area (Å²) in [5.74, 6) is -0.766. The summed E-state index contributed by atoms with van der Waals surface area (Å²) < 4.78 is 15.3. The number of amides is 2. The monoisotopic (exact) mass is 414 g/mol. The van der Waals surface area contributed by atoms with E-state index in [0.717, 1.165) is 16.8 Å². The third-order valence-corrected chi connectivity index (χ3v) is 4.51. The zero-order chi connectivity index (χ0) is 22.3. The molecule has 0 heterocycles. The van der Waals surface area contributed by atoms with Gasteiger partial charge in [0, 0.05) is 18.8 Å². The number of anilines is 1. The normalized spacial score (nSPS) is 10.2. The van der Waals surface area contributed by atoms with Crippen molar-refractivity contribution in [2.24, 2.45) is 0 Å². The Labute approximate surface area is 175 Å². The summed E-state index contributed by atoms with van der Waals surface area (Å²) in [6.45, 7) is 3.12. The highest BCUT2D eigenvalue weighted by Crippen LogP contribution is 2.25. The molecule has 0 bridgehead atoms. The molecule has 0 radical (unpaired) electrons. The second-order valence-corrected chi connectivity index (χ2v) is 6.71. The second-order valence-electron chi connectivity index (χ2n) is 6.71. The lowest BCUT2D eigenvalue weighted by atomic mass is 10.1. The van der Waals surface area contributed by atoms with Crippen LogP contribution in [0.25, 0.3) is 0 Å². The van der Waals surface area contributed by atoms with Gasteiger partial charge in [-0.15, -0.1) is 0 Å². The highest BCUT2D eigenvalue weighted by molar-refractivity contribution is 5.97. The fourth-order valence-corrected chi connectivity index (χ4v) is 2.78. The maximum absolute atomic E-state index is 12.3. The molecule has 0 saturated carbocycles. The van der Waals surface area contributed by atoms with Crippen LogP contribution in [-0.2, 0) is 14.3 Å². The Bertz CT molecular complexity index is 921. The van der Waals surface area contributed by atoms with Crippen LogP contribution in [0.1, 0.15) is 21.5 Å². The van der Waals surface area contributed by atoms with Crippen molar-refractivity contribution in [3.05, 3.63) is 53.1 Å². The van der Waals surface area contributed by atoms with Gasteiger partial charge >= 0.3 is 5.97 Å². The number of hydrogen-bond donors (Lipinski definition) is 1. The molecule has 2 aromatic carbocycles. The quantitative estimate of drug-likeness (QED) is 0.668. The van der Waals surface area contributed by atoms with Gasteiger partial charge in [-0.2, -0.15) is 0 Å². The number of ether oxygens (including phenoxy) is 3. The number of esters is 1. The summed E-state index contributed by atoms with van der Waals surface area (Å²) >= 11 is 0. The van der Waals surface area contributed by atoms with Crippen LogP contribution in [0.15, 0.2) is 36.4 Å². The Hall–Kier alpha value is -3.55. The van der Waals surface area contributed by atoms with E-state index in [9.17, 15) is 14.4 Å². The zero-order valence-corrected chi connectivity index (χ0v) is 17.8. The molecule has 0 unspecified atom stereocenters. The van der Waals surface area contributed by atoms with Gasteiger partial charge in [-0.3, -0.25) is 9.59 Å². The van der Waals surface area contributed by atoms with Crippen LogP contribution in [0.3, 0.4) is 0 Å². The van der Waals surface area contributed by atoms with Gasteiger partial charge in [0.15, 0.2) is 6.61 Å². The second kappa shape index (κ2) is 10.3. The number of carbonyl (C=O) groups is 3. The van der Waals surface area contributed by atoms with E-state index in [0.29, 0.717) is 5.75 Å². The van der Waals surface area contributed by atoms with Gasteiger partial charge in [0.1, 0.15) is 17.1 Å². The van der Waals surface area contributed by atoms with E-state index < -0.39 is 18.5 Å². The number of likely N-dealkylation sites (N-methyl/N-ethyl adjacent to an activating group) is 1. The van der Waals surface area contributed by atoms with E-state index >= 15 is 0 Å². The molecule has 0 aliphatic heterocycles. The summed E-state index contributed by atoms with van der Waals surface area (Å²) in [5.41, 5.74) is 2.75. The predicted octanol–water partition coefficient (Wildman–Crippen LogP) is 2.57. The summed E-state index contributed by atoms with van der Waals surface area (Å²) in [6, 6.07) is 10.3. The van der Waals surface area contributed by atoms with E-state index in [2.05, 4.69) is 5.32 Å². The Morgan fingerprint density at radius 1 is 1.00 bits per heavy atom. The van der Waals surface area contributed by atoms with Gasteiger partial charge in [0.25, 0.3) is 5.91 Å². The molecule has 0 spiro atoms. The van der Waals surface area contributed by atoms with E-state index in [1.54, 1.807) is 12.1 Å². The first kappa shape index (κ1) is 22.7. The first-order chi connectivity index (χ1) is 14.3. The molecule has 0 fully saturated rings. The average Bonchev–Trinajstić information content (AvgIpc) is 2.73. The number of rotatable bonds is 8. The number of benzene rings is 2. The zero-order valence-electron chi connectivity index (χ0n) is 17.8. The number of nitrogens with one attached hydrogen (secondary N) is 1. The summed E-state index contributed by atoms with van der Waals surface area (Å²) in [4.78, 5) is 38.1. The molecule has 2 aromatic rings.